The molecule has 6 heteroatoms. The maximum absolute atomic E-state index is 12.7. The number of likely N-dealkylation sites (N-methyl/N-ethyl adjacent to an activating group) is 1. The fourth-order valence-electron chi connectivity index (χ4n) is 3.11. The van der Waals surface area contributed by atoms with Gasteiger partial charge in [-0.15, -0.1) is 0 Å². The van der Waals surface area contributed by atoms with E-state index in [2.05, 4.69) is 22.4 Å². The molecule has 24 heavy (non-hydrogen) atoms. The smallest absolute Gasteiger partial charge is 0.257 e. The van der Waals surface area contributed by atoms with Crippen molar-refractivity contribution in [3.05, 3.63) is 53.7 Å². The summed E-state index contributed by atoms with van der Waals surface area (Å²) in [5, 5.41) is 18.6. The second-order valence-corrected chi connectivity index (χ2v) is 6.15. The van der Waals surface area contributed by atoms with Gasteiger partial charge in [0.25, 0.3) is 5.91 Å². The van der Waals surface area contributed by atoms with Gasteiger partial charge in [-0.1, -0.05) is 12.1 Å². The minimum Gasteiger partial charge on any atom is -0.508 e. The summed E-state index contributed by atoms with van der Waals surface area (Å²) in [4.78, 5) is 14.9. The number of rotatable bonds is 2. The Hall–Kier alpha value is -2.86. The Morgan fingerprint density at radius 1 is 1.21 bits per heavy atom. The van der Waals surface area contributed by atoms with E-state index in [0.29, 0.717) is 11.4 Å². The number of aromatic hydroxyl groups is 1. The maximum Gasteiger partial charge on any atom is 0.257 e. The van der Waals surface area contributed by atoms with Crippen LogP contribution in [0.1, 0.15) is 16.1 Å². The van der Waals surface area contributed by atoms with E-state index >= 15 is 0 Å². The Bertz CT molecular complexity index is 932. The van der Waals surface area contributed by atoms with Crippen LogP contribution in [0.4, 0.5) is 5.82 Å². The average Bonchev–Trinajstić information content (AvgIpc) is 2.95. The number of hydrogen-bond acceptors (Lipinski definition) is 4. The molecule has 3 aromatic rings. The van der Waals surface area contributed by atoms with Crippen molar-refractivity contribution in [2.45, 2.75) is 13.1 Å². The third-order valence-corrected chi connectivity index (χ3v) is 4.34. The molecule has 1 aromatic heterocycles. The summed E-state index contributed by atoms with van der Waals surface area (Å²) >= 11 is 0. The Kier molecular flexibility index (Phi) is 3.46. The lowest BCUT2D eigenvalue weighted by Crippen LogP contribution is -2.30. The Balaban J connectivity index is 1.63. The van der Waals surface area contributed by atoms with Crippen LogP contribution in [-0.2, 0) is 13.1 Å². The van der Waals surface area contributed by atoms with Gasteiger partial charge in [-0.25, -0.2) is 0 Å². The molecule has 0 fully saturated rings. The number of aromatic nitrogens is 2. The second kappa shape index (κ2) is 5.65. The average molecular weight is 322 g/mol. The van der Waals surface area contributed by atoms with Crippen molar-refractivity contribution in [3.63, 3.8) is 0 Å². The number of nitrogens with one attached hydrogen (secondary N) is 1. The fraction of sp³-hybridized carbons (Fsp3) is 0.222. The standard InChI is InChI=1S/C18H18N4O2/c1-21-7-8-22-13(11-21)10-17(20-22)19-18(24)16-4-2-3-12-9-14(23)5-6-15(12)16/h2-6,9-10,23H,7-8,11H2,1H3,(H,19,20,24). The molecule has 1 amide bonds. The predicted octanol–water partition coefficient (Wildman–Crippen LogP) is 2.44. The molecule has 122 valence electrons. The highest BCUT2D eigenvalue weighted by Crippen LogP contribution is 2.24. The zero-order valence-corrected chi connectivity index (χ0v) is 13.4. The molecule has 1 aliphatic rings. The van der Waals surface area contributed by atoms with Gasteiger partial charge in [0.2, 0.25) is 0 Å². The zero-order valence-electron chi connectivity index (χ0n) is 13.4. The Morgan fingerprint density at radius 2 is 2.08 bits per heavy atom. The van der Waals surface area contributed by atoms with Crippen LogP contribution in [-0.4, -0.2) is 39.3 Å². The first-order valence-electron chi connectivity index (χ1n) is 7.88. The normalized spacial score (nSPS) is 14.5. The molecule has 1 aliphatic heterocycles. The van der Waals surface area contributed by atoms with Gasteiger partial charge in [0, 0.05) is 24.7 Å². The summed E-state index contributed by atoms with van der Waals surface area (Å²) in [6.45, 7) is 2.61. The highest BCUT2D eigenvalue weighted by Gasteiger charge is 2.17. The SMILES string of the molecule is CN1CCn2nc(NC(=O)c3cccc4cc(O)ccc34)cc2C1. The fourth-order valence-corrected chi connectivity index (χ4v) is 3.11. The molecular weight excluding hydrogens is 304 g/mol. The minimum atomic E-state index is -0.199. The number of anilines is 1. The number of phenols is 1. The molecule has 0 unspecified atom stereocenters. The van der Waals surface area contributed by atoms with Crippen molar-refractivity contribution < 1.29 is 9.90 Å². The van der Waals surface area contributed by atoms with Crippen molar-refractivity contribution in [3.8, 4) is 5.75 Å². The largest absolute Gasteiger partial charge is 0.508 e. The molecule has 0 saturated carbocycles. The van der Waals surface area contributed by atoms with E-state index in [-0.39, 0.29) is 11.7 Å². The van der Waals surface area contributed by atoms with Gasteiger partial charge >= 0.3 is 0 Å². The molecule has 0 atom stereocenters. The third-order valence-electron chi connectivity index (χ3n) is 4.34. The van der Waals surface area contributed by atoms with Crippen LogP contribution >= 0.6 is 0 Å². The highest BCUT2D eigenvalue weighted by atomic mass is 16.3. The topological polar surface area (TPSA) is 70.4 Å². The lowest BCUT2D eigenvalue weighted by molar-refractivity contribution is 0.102. The van der Waals surface area contributed by atoms with Crippen LogP contribution in [0.5, 0.6) is 5.75 Å². The van der Waals surface area contributed by atoms with E-state index < -0.39 is 0 Å². The highest BCUT2D eigenvalue weighted by molar-refractivity contribution is 6.12. The lowest BCUT2D eigenvalue weighted by Gasteiger charge is -2.22. The molecule has 0 saturated heterocycles. The first kappa shape index (κ1) is 14.7. The molecule has 2 aromatic carbocycles. The lowest BCUT2D eigenvalue weighted by atomic mass is 10.0. The van der Waals surface area contributed by atoms with Crippen molar-refractivity contribution in [2.24, 2.45) is 0 Å². The van der Waals surface area contributed by atoms with Crippen LogP contribution in [0.2, 0.25) is 0 Å². The third kappa shape index (κ3) is 2.61. The van der Waals surface area contributed by atoms with Gasteiger partial charge < -0.3 is 10.4 Å². The van der Waals surface area contributed by atoms with Gasteiger partial charge in [0.05, 0.1) is 12.2 Å². The summed E-state index contributed by atoms with van der Waals surface area (Å²) in [6.07, 6.45) is 0. The minimum absolute atomic E-state index is 0.186. The van der Waals surface area contributed by atoms with Gasteiger partial charge in [0.15, 0.2) is 5.82 Å². The summed E-state index contributed by atoms with van der Waals surface area (Å²) in [6, 6.07) is 12.4. The van der Waals surface area contributed by atoms with Crippen molar-refractivity contribution in [2.75, 3.05) is 18.9 Å². The quantitative estimate of drug-likeness (QED) is 0.760. The summed E-state index contributed by atoms with van der Waals surface area (Å²) in [5.41, 5.74) is 1.66. The molecule has 0 bridgehead atoms. The molecule has 2 N–H and O–H groups in total. The number of fused-ring (bicyclic) bond motifs is 2. The molecule has 4 rings (SSSR count). The molecule has 6 nitrogen and oxygen atoms in total. The van der Waals surface area contributed by atoms with Crippen molar-refractivity contribution >= 4 is 22.5 Å². The molecule has 2 heterocycles. The van der Waals surface area contributed by atoms with E-state index in [1.54, 1.807) is 24.3 Å². The second-order valence-electron chi connectivity index (χ2n) is 6.15. The van der Waals surface area contributed by atoms with Crippen LogP contribution in [0.25, 0.3) is 10.8 Å². The van der Waals surface area contributed by atoms with E-state index in [0.717, 1.165) is 36.1 Å². The summed E-state index contributed by atoms with van der Waals surface area (Å²) in [7, 11) is 2.07. The summed E-state index contributed by atoms with van der Waals surface area (Å²) < 4.78 is 1.94. The molecule has 0 spiro atoms. The van der Waals surface area contributed by atoms with Crippen LogP contribution in [0, 0.1) is 0 Å². The predicted molar refractivity (Wildman–Crippen MR) is 92.1 cm³/mol. The molecular formula is C18H18N4O2. The number of hydrogen-bond donors (Lipinski definition) is 2. The number of phenolic OH excluding ortho intramolecular Hbond substituents is 1. The van der Waals surface area contributed by atoms with E-state index in [1.165, 1.54) is 0 Å². The van der Waals surface area contributed by atoms with Crippen LogP contribution < -0.4 is 5.32 Å². The monoisotopic (exact) mass is 322 g/mol. The number of carbonyl (C=O) groups excluding carboxylic acids is 1. The number of carbonyl (C=O) groups is 1. The van der Waals surface area contributed by atoms with Gasteiger partial charge in [0.1, 0.15) is 5.75 Å². The van der Waals surface area contributed by atoms with Gasteiger partial charge in [-0.2, -0.15) is 5.10 Å². The first-order chi connectivity index (χ1) is 11.6. The van der Waals surface area contributed by atoms with Gasteiger partial charge in [-0.05, 0) is 42.1 Å². The van der Waals surface area contributed by atoms with Crippen molar-refractivity contribution in [1.82, 2.24) is 14.7 Å². The van der Waals surface area contributed by atoms with E-state index in [1.807, 2.05) is 22.9 Å². The zero-order chi connectivity index (χ0) is 16.7. The molecule has 0 aliphatic carbocycles. The van der Waals surface area contributed by atoms with E-state index in [9.17, 15) is 9.90 Å². The summed E-state index contributed by atoms with van der Waals surface area (Å²) in [5.74, 6) is 0.558. The van der Waals surface area contributed by atoms with Crippen LogP contribution in [0.3, 0.4) is 0 Å². The van der Waals surface area contributed by atoms with Crippen molar-refractivity contribution in [1.29, 1.82) is 0 Å². The first-order valence-corrected chi connectivity index (χ1v) is 7.88. The number of benzene rings is 2. The Morgan fingerprint density at radius 3 is 2.96 bits per heavy atom. The van der Waals surface area contributed by atoms with E-state index in [4.69, 9.17) is 0 Å². The Labute approximate surface area is 139 Å². The number of nitrogens with zero attached hydrogens (tertiary/aromatic N) is 3. The van der Waals surface area contributed by atoms with Gasteiger partial charge in [-0.3, -0.25) is 14.4 Å². The maximum atomic E-state index is 12.7. The molecule has 0 radical (unpaired) electrons. The number of amides is 1. The van der Waals surface area contributed by atoms with Crippen LogP contribution in [0.15, 0.2) is 42.5 Å².